The van der Waals surface area contributed by atoms with Crippen molar-refractivity contribution in [2.45, 2.75) is 0 Å². The van der Waals surface area contributed by atoms with Crippen LogP contribution in [0.15, 0.2) is 109 Å². The summed E-state index contributed by atoms with van der Waals surface area (Å²) < 4.78 is 14.6. The lowest BCUT2D eigenvalue weighted by Crippen LogP contribution is -2.19. The van der Waals surface area contributed by atoms with Gasteiger partial charge >= 0.3 is 0 Å². The molecule has 6 aromatic carbocycles. The second kappa shape index (κ2) is 6.78. The maximum absolute atomic E-state index is 14.6. The first-order valence-electron chi connectivity index (χ1n) is 10.3. The van der Waals surface area contributed by atoms with Gasteiger partial charge in [-0.05, 0) is 55.2 Å². The summed E-state index contributed by atoms with van der Waals surface area (Å²) in [6, 6.07) is 35.6. The van der Waals surface area contributed by atoms with Gasteiger partial charge in [-0.25, -0.2) is 0 Å². The molecule has 2 nitrogen and oxygen atoms in total. The molecular weight excluding hydrogens is 399 g/mol. The summed E-state index contributed by atoms with van der Waals surface area (Å²) in [4.78, 5) is 12.0. The van der Waals surface area contributed by atoms with Crippen LogP contribution in [0.1, 0.15) is 0 Å². The predicted molar refractivity (Wildman–Crippen MR) is 132 cm³/mol. The zero-order chi connectivity index (χ0) is 21.0. The molecule has 6 rings (SSSR count). The van der Waals surface area contributed by atoms with E-state index in [0.717, 1.165) is 43.1 Å². The van der Waals surface area contributed by atoms with Crippen LogP contribution in [0, 0.1) is 0 Å². The van der Waals surface area contributed by atoms with Crippen LogP contribution in [-0.2, 0) is 4.57 Å². The third-order valence-corrected chi connectivity index (χ3v) is 8.27. The summed E-state index contributed by atoms with van der Waals surface area (Å²) in [6.07, 6.45) is 0. The number of hydrogen-bond donors (Lipinski definition) is 1. The molecule has 0 radical (unpaired) electrons. The molecule has 0 heterocycles. The van der Waals surface area contributed by atoms with Crippen LogP contribution < -0.4 is 10.6 Å². The monoisotopic (exact) mass is 418 g/mol. The maximum Gasteiger partial charge on any atom is 0.261 e. The fraction of sp³-hybridized carbons (Fsp3) is 0. The van der Waals surface area contributed by atoms with Gasteiger partial charge in [-0.2, -0.15) is 0 Å². The molecule has 0 bridgehead atoms. The summed E-state index contributed by atoms with van der Waals surface area (Å²) >= 11 is 0. The van der Waals surface area contributed by atoms with E-state index in [-0.39, 0.29) is 0 Å². The van der Waals surface area contributed by atoms with Crippen LogP contribution in [0.25, 0.3) is 43.1 Å². The fourth-order valence-corrected chi connectivity index (χ4v) is 7.09. The fourth-order valence-electron chi connectivity index (χ4n) is 4.74. The largest absolute Gasteiger partial charge is 0.338 e. The molecule has 1 N–H and O–H groups in total. The Morgan fingerprint density at radius 1 is 0.452 bits per heavy atom. The van der Waals surface area contributed by atoms with Crippen molar-refractivity contribution in [3.63, 3.8) is 0 Å². The normalized spacial score (nSPS) is 12.2. The first kappa shape index (κ1) is 18.3. The number of hydrogen-bond acceptors (Lipinski definition) is 1. The zero-order valence-electron chi connectivity index (χ0n) is 16.7. The van der Waals surface area contributed by atoms with E-state index >= 15 is 0 Å². The highest BCUT2D eigenvalue weighted by Gasteiger charge is 2.32. The highest BCUT2D eigenvalue weighted by molar-refractivity contribution is 7.75. The van der Waals surface area contributed by atoms with Gasteiger partial charge in [0.25, 0.3) is 7.37 Å². The lowest BCUT2D eigenvalue weighted by Gasteiger charge is -2.21. The quantitative estimate of drug-likeness (QED) is 0.257. The van der Waals surface area contributed by atoms with Crippen LogP contribution in [0.4, 0.5) is 0 Å². The van der Waals surface area contributed by atoms with Gasteiger partial charge in [0.1, 0.15) is 0 Å². The van der Waals surface area contributed by atoms with Crippen LogP contribution in [0.3, 0.4) is 0 Å². The van der Waals surface area contributed by atoms with Gasteiger partial charge in [0.15, 0.2) is 0 Å². The standard InChI is InChI=1S/C28H19O2P/c29-31(30,27-23-13-5-1-9-19(23)17-20-10-2-6-14-24(20)27)28-25-15-7-3-11-21(25)18-22-12-4-8-16-26(22)28/h1-18H,(H,29,30). The van der Waals surface area contributed by atoms with Crippen LogP contribution in [0.5, 0.6) is 0 Å². The van der Waals surface area contributed by atoms with Gasteiger partial charge in [0.2, 0.25) is 0 Å². The SMILES string of the molecule is O=P(O)(c1c2ccccc2cc2ccccc12)c1c2ccccc2cc2ccccc12. The van der Waals surface area contributed by atoms with Crippen molar-refractivity contribution in [3.8, 4) is 0 Å². The molecule has 0 aromatic heterocycles. The minimum absolute atomic E-state index is 0.516. The molecule has 0 amide bonds. The van der Waals surface area contributed by atoms with Crippen molar-refractivity contribution in [3.05, 3.63) is 109 Å². The molecule has 0 aliphatic heterocycles. The molecule has 0 saturated carbocycles. The Hall–Kier alpha value is -3.45. The highest BCUT2D eigenvalue weighted by atomic mass is 31.2. The average Bonchev–Trinajstić information content (AvgIpc) is 2.80. The second-order valence-electron chi connectivity index (χ2n) is 7.91. The predicted octanol–water partition coefficient (Wildman–Crippen LogP) is 6.52. The van der Waals surface area contributed by atoms with Gasteiger partial charge in [0, 0.05) is 0 Å². The summed E-state index contributed by atoms with van der Waals surface area (Å²) in [7, 11) is -3.98. The number of benzene rings is 6. The Balaban J connectivity index is 1.85. The van der Waals surface area contributed by atoms with Crippen molar-refractivity contribution in [2.24, 2.45) is 0 Å². The van der Waals surface area contributed by atoms with E-state index in [1.54, 1.807) is 0 Å². The third-order valence-electron chi connectivity index (χ3n) is 6.09. The molecule has 3 heteroatoms. The summed E-state index contributed by atoms with van der Waals surface area (Å²) in [5.74, 6) is 0. The molecule has 0 saturated heterocycles. The van der Waals surface area contributed by atoms with Crippen molar-refractivity contribution in [1.82, 2.24) is 0 Å². The average molecular weight is 418 g/mol. The van der Waals surface area contributed by atoms with Crippen molar-refractivity contribution >= 4 is 61.1 Å². The van der Waals surface area contributed by atoms with Gasteiger partial charge in [-0.15, -0.1) is 0 Å². The Morgan fingerprint density at radius 2 is 0.710 bits per heavy atom. The molecular formula is C28H19O2P. The van der Waals surface area contributed by atoms with Crippen LogP contribution >= 0.6 is 7.37 Å². The molecule has 0 unspecified atom stereocenters. The molecule has 0 atom stereocenters. The smallest absolute Gasteiger partial charge is 0.261 e. The molecule has 0 spiro atoms. The van der Waals surface area contributed by atoms with E-state index in [9.17, 15) is 9.46 Å². The summed E-state index contributed by atoms with van der Waals surface area (Å²) in [5.41, 5.74) is 0. The lowest BCUT2D eigenvalue weighted by molar-refractivity contribution is 0.502. The first-order chi connectivity index (χ1) is 15.1. The number of rotatable bonds is 2. The van der Waals surface area contributed by atoms with Gasteiger partial charge < -0.3 is 4.89 Å². The number of fused-ring (bicyclic) bond motifs is 4. The van der Waals surface area contributed by atoms with E-state index in [1.165, 1.54) is 0 Å². The lowest BCUT2D eigenvalue weighted by atomic mass is 10.0. The van der Waals surface area contributed by atoms with E-state index in [1.807, 2.05) is 97.1 Å². The summed E-state index contributed by atoms with van der Waals surface area (Å²) in [6.45, 7) is 0. The molecule has 0 aliphatic carbocycles. The minimum Gasteiger partial charge on any atom is -0.338 e. The summed E-state index contributed by atoms with van der Waals surface area (Å²) in [5, 5.41) is 8.20. The maximum atomic E-state index is 14.6. The van der Waals surface area contributed by atoms with E-state index in [4.69, 9.17) is 0 Å². The first-order valence-corrected chi connectivity index (χ1v) is 12.0. The van der Waals surface area contributed by atoms with Crippen LogP contribution in [0.2, 0.25) is 0 Å². The molecule has 148 valence electrons. The van der Waals surface area contributed by atoms with E-state index in [2.05, 4.69) is 12.1 Å². The third kappa shape index (κ3) is 2.73. The molecule has 0 fully saturated rings. The molecule has 0 aliphatic rings. The van der Waals surface area contributed by atoms with Gasteiger partial charge in [0.05, 0.1) is 10.6 Å². The van der Waals surface area contributed by atoms with Gasteiger partial charge in [-0.1, -0.05) is 97.1 Å². The topological polar surface area (TPSA) is 37.3 Å². The molecule has 6 aromatic rings. The Labute approximate surface area is 179 Å². The van der Waals surface area contributed by atoms with Crippen molar-refractivity contribution < 1.29 is 9.46 Å². The Kier molecular flexibility index (Phi) is 4.01. The van der Waals surface area contributed by atoms with Gasteiger partial charge in [-0.3, -0.25) is 4.57 Å². The highest BCUT2D eigenvalue weighted by Crippen LogP contribution is 2.47. The second-order valence-corrected chi connectivity index (χ2v) is 9.96. The minimum atomic E-state index is -3.98. The van der Waals surface area contributed by atoms with E-state index < -0.39 is 7.37 Å². The Morgan fingerprint density at radius 3 is 1.00 bits per heavy atom. The van der Waals surface area contributed by atoms with Crippen LogP contribution in [-0.4, -0.2) is 4.89 Å². The zero-order valence-corrected chi connectivity index (χ0v) is 17.6. The van der Waals surface area contributed by atoms with E-state index in [0.29, 0.717) is 10.6 Å². The van der Waals surface area contributed by atoms with Crippen molar-refractivity contribution in [2.75, 3.05) is 0 Å². The molecule has 31 heavy (non-hydrogen) atoms. The van der Waals surface area contributed by atoms with Crippen molar-refractivity contribution in [1.29, 1.82) is 0 Å². The Bertz CT molecular complexity index is 1450.